The van der Waals surface area contributed by atoms with Gasteiger partial charge in [0.25, 0.3) is 0 Å². The molecule has 0 aliphatic heterocycles. The van der Waals surface area contributed by atoms with Crippen molar-refractivity contribution in [1.82, 2.24) is 4.57 Å². The fourth-order valence-corrected chi connectivity index (χ4v) is 1.29. The van der Waals surface area contributed by atoms with Crippen molar-refractivity contribution >= 4 is 0 Å². The van der Waals surface area contributed by atoms with Crippen molar-refractivity contribution in [2.45, 2.75) is 26.3 Å². The number of nitrogens with two attached hydrogens (primary N) is 1. The van der Waals surface area contributed by atoms with E-state index in [0.29, 0.717) is 6.04 Å². The summed E-state index contributed by atoms with van der Waals surface area (Å²) in [6.45, 7) is 5.09. The molecule has 1 rings (SSSR count). The van der Waals surface area contributed by atoms with E-state index in [4.69, 9.17) is 5.73 Å². The van der Waals surface area contributed by atoms with Crippen LogP contribution in [0.4, 0.5) is 0 Å². The highest BCUT2D eigenvalue weighted by Crippen LogP contribution is 2.10. The molecule has 11 heavy (non-hydrogen) atoms. The summed E-state index contributed by atoms with van der Waals surface area (Å²) in [5.41, 5.74) is 6.81. The number of aromatic nitrogens is 1. The lowest BCUT2D eigenvalue weighted by atomic mass is 10.3. The number of rotatable bonds is 3. The molecule has 0 saturated heterocycles. The third-order valence-corrected chi connectivity index (χ3v) is 1.82. The third-order valence-electron chi connectivity index (χ3n) is 1.82. The van der Waals surface area contributed by atoms with Crippen LogP contribution in [-0.4, -0.2) is 11.1 Å². The molecule has 0 fully saturated rings. The Morgan fingerprint density at radius 1 is 1.55 bits per heavy atom. The summed E-state index contributed by atoms with van der Waals surface area (Å²) >= 11 is 0. The highest BCUT2D eigenvalue weighted by molar-refractivity contribution is 5.08. The van der Waals surface area contributed by atoms with Gasteiger partial charge in [0.2, 0.25) is 0 Å². The molecule has 0 spiro atoms. The van der Waals surface area contributed by atoms with E-state index in [9.17, 15) is 0 Å². The third kappa shape index (κ3) is 1.84. The summed E-state index contributed by atoms with van der Waals surface area (Å²) in [6, 6.07) is 4.75. The second-order valence-corrected chi connectivity index (χ2v) is 3.04. The molecule has 62 valence electrons. The van der Waals surface area contributed by atoms with Gasteiger partial charge in [0, 0.05) is 17.9 Å². The van der Waals surface area contributed by atoms with Gasteiger partial charge >= 0.3 is 0 Å². The van der Waals surface area contributed by atoms with E-state index in [2.05, 4.69) is 36.7 Å². The maximum Gasteiger partial charge on any atom is 0.0276 e. The fourth-order valence-electron chi connectivity index (χ4n) is 1.29. The molecule has 1 aromatic heterocycles. The zero-order valence-corrected chi connectivity index (χ0v) is 7.25. The summed E-state index contributed by atoms with van der Waals surface area (Å²) in [6.07, 6.45) is 3.08. The van der Waals surface area contributed by atoms with Crippen molar-refractivity contribution < 1.29 is 0 Å². The van der Waals surface area contributed by atoms with Crippen LogP contribution in [0.25, 0.3) is 0 Å². The maximum atomic E-state index is 5.48. The van der Waals surface area contributed by atoms with E-state index in [1.807, 2.05) is 0 Å². The maximum absolute atomic E-state index is 5.48. The molecule has 1 aromatic rings. The predicted molar refractivity (Wildman–Crippen MR) is 47.6 cm³/mol. The van der Waals surface area contributed by atoms with Gasteiger partial charge in [0.15, 0.2) is 0 Å². The molecule has 0 saturated carbocycles. The smallest absolute Gasteiger partial charge is 0.0276 e. The van der Waals surface area contributed by atoms with Gasteiger partial charge in [-0.1, -0.05) is 0 Å². The number of hydrogen-bond donors (Lipinski definition) is 1. The lowest BCUT2D eigenvalue weighted by molar-refractivity contribution is 0.576. The second-order valence-electron chi connectivity index (χ2n) is 3.04. The van der Waals surface area contributed by atoms with Crippen LogP contribution < -0.4 is 5.73 Å². The SMILES string of the molecule is CC(C)n1cccc1CCN. The van der Waals surface area contributed by atoms with Crippen LogP contribution in [-0.2, 0) is 6.42 Å². The van der Waals surface area contributed by atoms with Crippen molar-refractivity contribution in [3.05, 3.63) is 24.0 Å². The highest BCUT2D eigenvalue weighted by Gasteiger charge is 2.01. The zero-order valence-electron chi connectivity index (χ0n) is 7.25. The van der Waals surface area contributed by atoms with Crippen LogP contribution >= 0.6 is 0 Å². The first-order valence-corrected chi connectivity index (χ1v) is 4.11. The first-order chi connectivity index (χ1) is 5.25. The van der Waals surface area contributed by atoms with Crippen LogP contribution in [0.5, 0.6) is 0 Å². The number of nitrogens with zero attached hydrogens (tertiary/aromatic N) is 1. The van der Waals surface area contributed by atoms with Gasteiger partial charge in [-0.05, 0) is 38.9 Å². The minimum absolute atomic E-state index is 0.548. The zero-order chi connectivity index (χ0) is 8.27. The van der Waals surface area contributed by atoms with Crippen molar-refractivity contribution in [2.24, 2.45) is 5.73 Å². The summed E-state index contributed by atoms with van der Waals surface area (Å²) < 4.78 is 2.26. The second kappa shape index (κ2) is 3.58. The minimum atomic E-state index is 0.548. The largest absolute Gasteiger partial charge is 0.349 e. The Kier molecular flexibility index (Phi) is 2.71. The molecule has 0 aliphatic rings. The Morgan fingerprint density at radius 2 is 2.27 bits per heavy atom. The van der Waals surface area contributed by atoms with Gasteiger partial charge in [-0.15, -0.1) is 0 Å². The quantitative estimate of drug-likeness (QED) is 0.700. The van der Waals surface area contributed by atoms with Crippen LogP contribution in [0.1, 0.15) is 25.6 Å². The van der Waals surface area contributed by atoms with E-state index >= 15 is 0 Å². The van der Waals surface area contributed by atoms with E-state index < -0.39 is 0 Å². The molecule has 0 unspecified atom stereocenters. The monoisotopic (exact) mass is 152 g/mol. The average Bonchev–Trinajstić information content (AvgIpc) is 2.36. The Labute approximate surface area is 68.0 Å². The van der Waals surface area contributed by atoms with Gasteiger partial charge in [-0.3, -0.25) is 0 Å². The molecule has 1 heterocycles. The molecule has 2 heteroatoms. The van der Waals surface area contributed by atoms with Gasteiger partial charge in [-0.25, -0.2) is 0 Å². The Morgan fingerprint density at radius 3 is 2.82 bits per heavy atom. The highest BCUT2D eigenvalue weighted by atomic mass is 15.0. The van der Waals surface area contributed by atoms with Gasteiger partial charge in [0.05, 0.1) is 0 Å². The van der Waals surface area contributed by atoms with Crippen LogP contribution in [0.2, 0.25) is 0 Å². The van der Waals surface area contributed by atoms with Crippen molar-refractivity contribution in [3.63, 3.8) is 0 Å². The molecular weight excluding hydrogens is 136 g/mol. The van der Waals surface area contributed by atoms with Crippen LogP contribution in [0, 0.1) is 0 Å². The van der Waals surface area contributed by atoms with E-state index in [1.165, 1.54) is 5.69 Å². The standard InChI is InChI=1S/C9H16N2/c1-8(2)11-7-3-4-9(11)5-6-10/h3-4,7-8H,5-6,10H2,1-2H3. The number of hydrogen-bond acceptors (Lipinski definition) is 1. The Bertz CT molecular complexity index is 213. The normalized spacial score (nSPS) is 10.9. The summed E-state index contributed by atoms with van der Waals surface area (Å²) in [5, 5.41) is 0. The molecule has 0 aromatic carbocycles. The van der Waals surface area contributed by atoms with Crippen LogP contribution in [0.3, 0.4) is 0 Å². The van der Waals surface area contributed by atoms with Crippen molar-refractivity contribution in [3.8, 4) is 0 Å². The fraction of sp³-hybridized carbons (Fsp3) is 0.556. The molecule has 0 radical (unpaired) electrons. The molecule has 0 bridgehead atoms. The van der Waals surface area contributed by atoms with E-state index in [-0.39, 0.29) is 0 Å². The van der Waals surface area contributed by atoms with Crippen molar-refractivity contribution in [1.29, 1.82) is 0 Å². The Balaban J connectivity index is 2.78. The Hall–Kier alpha value is -0.760. The minimum Gasteiger partial charge on any atom is -0.349 e. The molecule has 0 aliphatic carbocycles. The van der Waals surface area contributed by atoms with Gasteiger partial charge in [-0.2, -0.15) is 0 Å². The van der Waals surface area contributed by atoms with Gasteiger partial charge < -0.3 is 10.3 Å². The topological polar surface area (TPSA) is 30.9 Å². The van der Waals surface area contributed by atoms with Crippen LogP contribution in [0.15, 0.2) is 18.3 Å². The van der Waals surface area contributed by atoms with Crippen molar-refractivity contribution in [2.75, 3.05) is 6.54 Å². The summed E-state index contributed by atoms with van der Waals surface area (Å²) in [7, 11) is 0. The average molecular weight is 152 g/mol. The molecule has 2 nitrogen and oxygen atoms in total. The van der Waals surface area contributed by atoms with E-state index in [0.717, 1.165) is 13.0 Å². The molecule has 0 amide bonds. The summed E-state index contributed by atoms with van der Waals surface area (Å²) in [5.74, 6) is 0. The molecule has 2 N–H and O–H groups in total. The summed E-state index contributed by atoms with van der Waals surface area (Å²) in [4.78, 5) is 0. The first kappa shape index (κ1) is 8.34. The first-order valence-electron chi connectivity index (χ1n) is 4.11. The van der Waals surface area contributed by atoms with E-state index in [1.54, 1.807) is 0 Å². The predicted octanol–water partition coefficient (Wildman–Crippen LogP) is 1.57. The molecule has 0 atom stereocenters. The molecular formula is C9H16N2. The van der Waals surface area contributed by atoms with Gasteiger partial charge in [0.1, 0.15) is 0 Å². The lowest BCUT2D eigenvalue weighted by Gasteiger charge is -2.11. The lowest BCUT2D eigenvalue weighted by Crippen LogP contribution is -2.09.